The second-order valence-corrected chi connectivity index (χ2v) is 5.73. The highest BCUT2D eigenvalue weighted by atomic mass is 79.9. The number of nitrogens with two attached hydrogens (primary N) is 1. The van der Waals surface area contributed by atoms with E-state index in [2.05, 4.69) is 32.9 Å². The molecular weight excluding hydrogens is 294 g/mol. The molecule has 1 aliphatic heterocycles. The minimum atomic E-state index is 0.157. The van der Waals surface area contributed by atoms with Crippen LogP contribution in [0.1, 0.15) is 25.3 Å². The molecule has 0 saturated carbocycles. The van der Waals surface area contributed by atoms with Crippen LogP contribution in [0.4, 0.5) is 5.69 Å². The van der Waals surface area contributed by atoms with E-state index in [1.54, 1.807) is 0 Å². The zero-order valence-corrected chi connectivity index (χ0v) is 12.0. The largest absolute Gasteiger partial charge is 0.409 e. The summed E-state index contributed by atoms with van der Waals surface area (Å²) in [6.07, 6.45) is 2.37. The Labute approximate surface area is 116 Å². The van der Waals surface area contributed by atoms with E-state index in [1.807, 2.05) is 18.2 Å². The Morgan fingerprint density at radius 2 is 2.11 bits per heavy atom. The van der Waals surface area contributed by atoms with Crippen LogP contribution in [0.3, 0.4) is 0 Å². The fraction of sp³-hybridized carbons (Fsp3) is 0.462. The zero-order valence-electron chi connectivity index (χ0n) is 10.4. The second kappa shape index (κ2) is 5.61. The summed E-state index contributed by atoms with van der Waals surface area (Å²) in [5.74, 6) is 0.939. The third-order valence-corrected chi connectivity index (χ3v) is 3.96. The van der Waals surface area contributed by atoms with E-state index in [0.717, 1.165) is 34.7 Å². The van der Waals surface area contributed by atoms with Crippen molar-refractivity contribution in [2.75, 3.05) is 18.0 Å². The number of nitrogens with zero attached hydrogens (tertiary/aromatic N) is 2. The van der Waals surface area contributed by atoms with Crippen LogP contribution in [0.5, 0.6) is 0 Å². The number of amidine groups is 1. The van der Waals surface area contributed by atoms with Gasteiger partial charge in [-0.3, -0.25) is 0 Å². The van der Waals surface area contributed by atoms with E-state index in [0.29, 0.717) is 0 Å². The molecule has 1 aromatic rings. The average Bonchev–Trinajstić information content (AvgIpc) is 2.39. The van der Waals surface area contributed by atoms with Gasteiger partial charge in [0.05, 0.1) is 0 Å². The molecule has 98 valence electrons. The normalized spacial score (nSPS) is 18.1. The minimum Gasteiger partial charge on any atom is -0.409 e. The van der Waals surface area contributed by atoms with Crippen LogP contribution in [0.2, 0.25) is 0 Å². The fourth-order valence-electron chi connectivity index (χ4n) is 2.29. The molecule has 4 nitrogen and oxygen atoms in total. The Hall–Kier alpha value is -1.23. The molecule has 1 saturated heterocycles. The maximum atomic E-state index is 8.87. The smallest absolute Gasteiger partial charge is 0.172 e. The van der Waals surface area contributed by atoms with Gasteiger partial charge in [0, 0.05) is 28.8 Å². The van der Waals surface area contributed by atoms with Gasteiger partial charge in [-0.15, -0.1) is 0 Å². The third kappa shape index (κ3) is 2.77. The first-order valence-corrected chi connectivity index (χ1v) is 6.93. The van der Waals surface area contributed by atoms with E-state index in [-0.39, 0.29) is 5.84 Å². The average molecular weight is 312 g/mol. The molecule has 5 heteroatoms. The molecule has 1 aliphatic rings. The van der Waals surface area contributed by atoms with Crippen LogP contribution in [0, 0.1) is 5.92 Å². The molecule has 1 aromatic carbocycles. The summed E-state index contributed by atoms with van der Waals surface area (Å²) in [6.45, 7) is 4.33. The predicted molar refractivity (Wildman–Crippen MR) is 77.3 cm³/mol. The molecule has 0 aromatic heterocycles. The van der Waals surface area contributed by atoms with Gasteiger partial charge in [-0.25, -0.2) is 0 Å². The second-order valence-electron chi connectivity index (χ2n) is 4.82. The summed E-state index contributed by atoms with van der Waals surface area (Å²) in [5, 5.41) is 12.0. The standard InChI is InChI=1S/C13H18BrN3O/c1-9-4-6-17(7-5-9)12-3-2-10(14)8-11(12)13(15)16-18/h2-3,8-9,18H,4-7H2,1H3,(H2,15,16). The number of hydrogen-bond acceptors (Lipinski definition) is 3. The number of anilines is 1. The Balaban J connectivity index is 2.32. The Bertz CT molecular complexity index is 454. The third-order valence-electron chi connectivity index (χ3n) is 3.47. The molecule has 0 amide bonds. The van der Waals surface area contributed by atoms with Gasteiger partial charge in [0.25, 0.3) is 0 Å². The highest BCUT2D eigenvalue weighted by molar-refractivity contribution is 9.10. The van der Waals surface area contributed by atoms with Gasteiger partial charge in [0.1, 0.15) is 0 Å². The molecule has 1 heterocycles. The molecular formula is C13H18BrN3O. The quantitative estimate of drug-likeness (QED) is 0.382. The van der Waals surface area contributed by atoms with Crippen molar-refractivity contribution in [1.82, 2.24) is 0 Å². The first-order valence-electron chi connectivity index (χ1n) is 6.14. The van der Waals surface area contributed by atoms with Crippen molar-refractivity contribution in [2.24, 2.45) is 16.8 Å². The summed E-state index contributed by atoms with van der Waals surface area (Å²) in [6, 6.07) is 5.90. The van der Waals surface area contributed by atoms with Gasteiger partial charge >= 0.3 is 0 Å². The highest BCUT2D eigenvalue weighted by Crippen LogP contribution is 2.28. The van der Waals surface area contributed by atoms with Gasteiger partial charge in [-0.2, -0.15) is 0 Å². The van der Waals surface area contributed by atoms with Crippen LogP contribution in [0.15, 0.2) is 27.8 Å². The first kappa shape index (κ1) is 13.2. The molecule has 0 bridgehead atoms. The number of piperidine rings is 1. The zero-order chi connectivity index (χ0) is 13.1. The Morgan fingerprint density at radius 3 is 2.72 bits per heavy atom. The first-order chi connectivity index (χ1) is 8.61. The number of hydrogen-bond donors (Lipinski definition) is 2. The van der Waals surface area contributed by atoms with Crippen LogP contribution in [0.25, 0.3) is 0 Å². The van der Waals surface area contributed by atoms with E-state index in [4.69, 9.17) is 10.9 Å². The van der Waals surface area contributed by atoms with Gasteiger partial charge in [-0.1, -0.05) is 28.0 Å². The molecule has 1 fully saturated rings. The van der Waals surface area contributed by atoms with Crippen LogP contribution < -0.4 is 10.6 Å². The Kier molecular flexibility index (Phi) is 4.11. The van der Waals surface area contributed by atoms with Crippen molar-refractivity contribution < 1.29 is 5.21 Å². The minimum absolute atomic E-state index is 0.157. The summed E-state index contributed by atoms with van der Waals surface area (Å²) < 4.78 is 0.929. The predicted octanol–water partition coefficient (Wildman–Crippen LogP) is 2.78. The molecule has 0 aliphatic carbocycles. The maximum absolute atomic E-state index is 8.87. The van der Waals surface area contributed by atoms with E-state index < -0.39 is 0 Å². The molecule has 2 rings (SSSR count). The highest BCUT2D eigenvalue weighted by Gasteiger charge is 2.19. The van der Waals surface area contributed by atoms with Crippen molar-refractivity contribution in [3.05, 3.63) is 28.2 Å². The lowest BCUT2D eigenvalue weighted by Gasteiger charge is -2.33. The van der Waals surface area contributed by atoms with Crippen molar-refractivity contribution in [1.29, 1.82) is 0 Å². The molecule has 0 atom stereocenters. The number of benzene rings is 1. The number of halogens is 1. The van der Waals surface area contributed by atoms with Crippen LogP contribution in [-0.2, 0) is 0 Å². The molecule has 18 heavy (non-hydrogen) atoms. The molecule has 0 spiro atoms. The lowest BCUT2D eigenvalue weighted by molar-refractivity contribution is 0.318. The fourth-order valence-corrected chi connectivity index (χ4v) is 2.65. The molecule has 0 unspecified atom stereocenters. The number of oxime groups is 1. The van der Waals surface area contributed by atoms with Gasteiger partial charge < -0.3 is 15.8 Å². The van der Waals surface area contributed by atoms with E-state index in [1.165, 1.54) is 12.8 Å². The maximum Gasteiger partial charge on any atom is 0.172 e. The van der Waals surface area contributed by atoms with Crippen LogP contribution in [-0.4, -0.2) is 24.1 Å². The molecule has 0 radical (unpaired) electrons. The summed E-state index contributed by atoms with van der Waals surface area (Å²) in [7, 11) is 0. The van der Waals surface area contributed by atoms with Gasteiger partial charge in [0.2, 0.25) is 0 Å². The van der Waals surface area contributed by atoms with E-state index >= 15 is 0 Å². The van der Waals surface area contributed by atoms with Crippen molar-refractivity contribution in [3.8, 4) is 0 Å². The van der Waals surface area contributed by atoms with Crippen molar-refractivity contribution in [3.63, 3.8) is 0 Å². The Morgan fingerprint density at radius 1 is 1.44 bits per heavy atom. The molecule has 3 N–H and O–H groups in total. The topological polar surface area (TPSA) is 61.8 Å². The van der Waals surface area contributed by atoms with E-state index in [9.17, 15) is 0 Å². The summed E-state index contributed by atoms with van der Waals surface area (Å²) in [4.78, 5) is 2.31. The summed E-state index contributed by atoms with van der Waals surface area (Å²) in [5.41, 5.74) is 7.57. The monoisotopic (exact) mass is 311 g/mol. The summed E-state index contributed by atoms with van der Waals surface area (Å²) >= 11 is 3.42. The van der Waals surface area contributed by atoms with Crippen molar-refractivity contribution >= 4 is 27.5 Å². The lowest BCUT2D eigenvalue weighted by atomic mass is 9.98. The van der Waals surface area contributed by atoms with Gasteiger partial charge in [0.15, 0.2) is 5.84 Å². The number of rotatable bonds is 2. The lowest BCUT2D eigenvalue weighted by Crippen LogP contribution is -2.34. The van der Waals surface area contributed by atoms with Crippen molar-refractivity contribution in [2.45, 2.75) is 19.8 Å². The SMILES string of the molecule is CC1CCN(c2ccc(Br)cc2/C(N)=N/O)CC1. The van der Waals surface area contributed by atoms with Gasteiger partial charge in [-0.05, 0) is 37.0 Å². The van der Waals surface area contributed by atoms with Crippen LogP contribution >= 0.6 is 15.9 Å².